The van der Waals surface area contributed by atoms with Gasteiger partial charge in [0.05, 0.1) is 27.8 Å². The molecular formula is C44H28N6. The Morgan fingerprint density at radius 1 is 0.400 bits per heavy atom. The van der Waals surface area contributed by atoms with Crippen LogP contribution in [-0.2, 0) is 0 Å². The Morgan fingerprint density at radius 3 is 1.90 bits per heavy atom. The summed E-state index contributed by atoms with van der Waals surface area (Å²) in [5.41, 5.74) is 10.5. The molecular weight excluding hydrogens is 613 g/mol. The zero-order valence-electron chi connectivity index (χ0n) is 26.8. The Labute approximate surface area is 287 Å². The first-order valence-corrected chi connectivity index (χ1v) is 16.6. The molecule has 0 N–H and O–H groups in total. The lowest BCUT2D eigenvalue weighted by Gasteiger charge is -2.12. The van der Waals surface area contributed by atoms with E-state index in [1.807, 2.05) is 30.3 Å². The molecule has 4 aromatic heterocycles. The van der Waals surface area contributed by atoms with E-state index in [1.165, 1.54) is 32.7 Å². The topological polar surface area (TPSA) is 61.4 Å². The SMILES string of the molecule is c1ccc(-n2ccc3c2ccc2c4ccccc4n(-c4ccc(-c5nc(-c6ccc(-c7ncccn7)cc6)c6ccccc6n5)cc4)c23)cc1. The molecule has 0 fully saturated rings. The molecule has 0 atom stereocenters. The van der Waals surface area contributed by atoms with Crippen molar-refractivity contribution in [3.8, 4) is 45.4 Å². The van der Waals surface area contributed by atoms with E-state index in [4.69, 9.17) is 9.97 Å². The van der Waals surface area contributed by atoms with Gasteiger partial charge in [0.2, 0.25) is 0 Å². The zero-order chi connectivity index (χ0) is 33.0. The van der Waals surface area contributed by atoms with E-state index in [2.05, 4.69) is 147 Å². The Bertz CT molecular complexity index is 2840. The second kappa shape index (κ2) is 11.4. The number of hydrogen-bond acceptors (Lipinski definition) is 4. The third-order valence-electron chi connectivity index (χ3n) is 9.51. The van der Waals surface area contributed by atoms with Gasteiger partial charge in [0.15, 0.2) is 11.6 Å². The number of hydrogen-bond donors (Lipinski definition) is 0. The summed E-state index contributed by atoms with van der Waals surface area (Å²) in [4.78, 5) is 19.0. The van der Waals surface area contributed by atoms with Crippen molar-refractivity contribution in [2.75, 3.05) is 0 Å². The molecule has 4 heterocycles. The van der Waals surface area contributed by atoms with E-state index in [0.717, 1.165) is 44.7 Å². The van der Waals surface area contributed by atoms with Crippen molar-refractivity contribution in [3.63, 3.8) is 0 Å². The first-order valence-electron chi connectivity index (χ1n) is 16.6. The van der Waals surface area contributed by atoms with Crippen molar-refractivity contribution in [1.29, 1.82) is 0 Å². The predicted octanol–water partition coefficient (Wildman–Crippen LogP) is 10.5. The highest BCUT2D eigenvalue weighted by Gasteiger charge is 2.18. The molecule has 0 saturated heterocycles. The van der Waals surface area contributed by atoms with Crippen molar-refractivity contribution in [2.24, 2.45) is 0 Å². The van der Waals surface area contributed by atoms with Crippen LogP contribution in [0.2, 0.25) is 0 Å². The van der Waals surface area contributed by atoms with Crippen LogP contribution >= 0.6 is 0 Å². The summed E-state index contributed by atoms with van der Waals surface area (Å²) in [6.45, 7) is 0. The molecule has 0 spiro atoms. The summed E-state index contributed by atoms with van der Waals surface area (Å²) in [5.74, 6) is 1.38. The number of para-hydroxylation sites is 3. The van der Waals surface area contributed by atoms with Crippen molar-refractivity contribution in [1.82, 2.24) is 29.1 Å². The van der Waals surface area contributed by atoms with Gasteiger partial charge in [-0.15, -0.1) is 0 Å². The van der Waals surface area contributed by atoms with E-state index in [9.17, 15) is 0 Å². The fourth-order valence-corrected chi connectivity index (χ4v) is 7.17. The van der Waals surface area contributed by atoms with Crippen LogP contribution in [0.4, 0.5) is 0 Å². The van der Waals surface area contributed by atoms with E-state index in [-0.39, 0.29) is 0 Å². The molecule has 0 aliphatic rings. The van der Waals surface area contributed by atoms with Crippen LogP contribution in [0.3, 0.4) is 0 Å². The minimum atomic E-state index is 0.685. The van der Waals surface area contributed by atoms with E-state index in [1.54, 1.807) is 12.4 Å². The Kier molecular flexibility index (Phi) is 6.39. The molecule has 234 valence electrons. The predicted molar refractivity (Wildman–Crippen MR) is 203 cm³/mol. The lowest BCUT2D eigenvalue weighted by molar-refractivity contribution is 1.13. The first kappa shape index (κ1) is 28.1. The van der Waals surface area contributed by atoms with Crippen molar-refractivity contribution < 1.29 is 0 Å². The molecule has 6 aromatic carbocycles. The maximum absolute atomic E-state index is 5.16. The summed E-state index contributed by atoms with van der Waals surface area (Å²) >= 11 is 0. The largest absolute Gasteiger partial charge is 0.316 e. The smallest absolute Gasteiger partial charge is 0.160 e. The molecule has 0 saturated carbocycles. The Hall–Kier alpha value is -6.92. The highest BCUT2D eigenvalue weighted by molar-refractivity contribution is 6.18. The van der Waals surface area contributed by atoms with Crippen LogP contribution in [0, 0.1) is 0 Å². The van der Waals surface area contributed by atoms with Crippen LogP contribution < -0.4 is 0 Å². The van der Waals surface area contributed by atoms with Gasteiger partial charge in [0.1, 0.15) is 0 Å². The fourth-order valence-electron chi connectivity index (χ4n) is 7.17. The van der Waals surface area contributed by atoms with Gasteiger partial charge >= 0.3 is 0 Å². The first-order chi connectivity index (χ1) is 24.8. The molecule has 50 heavy (non-hydrogen) atoms. The summed E-state index contributed by atoms with van der Waals surface area (Å²) in [7, 11) is 0. The van der Waals surface area contributed by atoms with E-state index < -0.39 is 0 Å². The van der Waals surface area contributed by atoms with Gasteiger partial charge in [0, 0.05) is 68.2 Å². The molecule has 0 bridgehead atoms. The standard InChI is InChI=1S/C44H28N6/c1-2-9-32(10-3-1)49-28-25-37-39(49)24-23-35-34-11-5-7-14-40(34)50(42(35)37)33-21-19-31(20-22-33)44-47-38-13-6-4-12-36(38)41(48-44)29-15-17-30(18-16-29)43-45-26-8-27-46-43/h1-28H. The van der Waals surface area contributed by atoms with Gasteiger partial charge in [-0.3, -0.25) is 0 Å². The highest BCUT2D eigenvalue weighted by atomic mass is 15.0. The van der Waals surface area contributed by atoms with Crippen molar-refractivity contribution >= 4 is 43.6 Å². The van der Waals surface area contributed by atoms with Crippen molar-refractivity contribution in [3.05, 3.63) is 170 Å². The van der Waals surface area contributed by atoms with Gasteiger partial charge in [-0.25, -0.2) is 19.9 Å². The summed E-state index contributed by atoms with van der Waals surface area (Å²) in [6.07, 6.45) is 5.69. The quantitative estimate of drug-likeness (QED) is 0.188. The molecule has 10 rings (SSSR count). The van der Waals surface area contributed by atoms with Crippen LogP contribution in [-0.4, -0.2) is 29.1 Å². The normalized spacial score (nSPS) is 11.6. The molecule has 0 unspecified atom stereocenters. The average Bonchev–Trinajstić information content (AvgIpc) is 3.78. The minimum Gasteiger partial charge on any atom is -0.316 e. The summed E-state index contributed by atoms with van der Waals surface area (Å²) < 4.78 is 4.65. The molecule has 10 aromatic rings. The van der Waals surface area contributed by atoms with Crippen LogP contribution in [0.15, 0.2) is 170 Å². The molecule has 0 aliphatic carbocycles. The fraction of sp³-hybridized carbons (Fsp3) is 0. The highest BCUT2D eigenvalue weighted by Crippen LogP contribution is 2.38. The number of nitrogens with zero attached hydrogens (tertiary/aromatic N) is 6. The maximum atomic E-state index is 5.16. The third-order valence-corrected chi connectivity index (χ3v) is 9.51. The Balaban J connectivity index is 1.10. The van der Waals surface area contributed by atoms with Gasteiger partial charge in [-0.2, -0.15) is 0 Å². The summed E-state index contributed by atoms with van der Waals surface area (Å²) in [5, 5.41) is 4.68. The van der Waals surface area contributed by atoms with Crippen molar-refractivity contribution in [2.45, 2.75) is 0 Å². The number of aromatic nitrogens is 6. The molecule has 0 aliphatic heterocycles. The maximum Gasteiger partial charge on any atom is 0.160 e. The van der Waals surface area contributed by atoms with Gasteiger partial charge in [-0.1, -0.05) is 84.9 Å². The van der Waals surface area contributed by atoms with Crippen LogP contribution in [0.1, 0.15) is 0 Å². The van der Waals surface area contributed by atoms with E-state index >= 15 is 0 Å². The monoisotopic (exact) mass is 640 g/mol. The number of benzene rings is 6. The molecule has 6 heteroatoms. The van der Waals surface area contributed by atoms with Gasteiger partial charge < -0.3 is 9.13 Å². The third kappa shape index (κ3) is 4.50. The van der Waals surface area contributed by atoms with Gasteiger partial charge in [-0.05, 0) is 66.7 Å². The number of fused-ring (bicyclic) bond motifs is 6. The number of rotatable bonds is 5. The van der Waals surface area contributed by atoms with Gasteiger partial charge in [0.25, 0.3) is 0 Å². The zero-order valence-corrected chi connectivity index (χ0v) is 26.8. The Morgan fingerprint density at radius 2 is 1.08 bits per heavy atom. The molecule has 0 radical (unpaired) electrons. The molecule has 6 nitrogen and oxygen atoms in total. The minimum absolute atomic E-state index is 0.685. The van der Waals surface area contributed by atoms with Crippen LogP contribution in [0.5, 0.6) is 0 Å². The lowest BCUT2D eigenvalue weighted by Crippen LogP contribution is -1.97. The second-order valence-corrected chi connectivity index (χ2v) is 12.4. The average molecular weight is 641 g/mol. The van der Waals surface area contributed by atoms with E-state index in [0.29, 0.717) is 11.6 Å². The summed E-state index contributed by atoms with van der Waals surface area (Å²) in [6, 6.07) is 52.8. The second-order valence-electron chi connectivity index (χ2n) is 12.4. The molecule has 0 amide bonds. The lowest BCUT2D eigenvalue weighted by atomic mass is 10.0. The van der Waals surface area contributed by atoms with Crippen LogP contribution in [0.25, 0.3) is 89.0 Å².